The fourth-order valence-corrected chi connectivity index (χ4v) is 5.41. The third-order valence-corrected chi connectivity index (χ3v) is 7.42. The number of carbonyl (C=O) groups is 1. The van der Waals surface area contributed by atoms with Gasteiger partial charge in [-0.1, -0.05) is 50.2 Å². The Morgan fingerprint density at radius 3 is 2.60 bits per heavy atom. The Morgan fingerprint density at radius 1 is 1.20 bits per heavy atom. The average molecular weight is 431 g/mol. The summed E-state index contributed by atoms with van der Waals surface area (Å²) in [6, 6.07) is 15.0. The summed E-state index contributed by atoms with van der Waals surface area (Å²) >= 11 is 0. The van der Waals surface area contributed by atoms with Gasteiger partial charge in [0.25, 0.3) is 0 Å². The van der Waals surface area contributed by atoms with Crippen LogP contribution in [0, 0.1) is 5.92 Å². The molecule has 3 rings (SSSR count). The van der Waals surface area contributed by atoms with Crippen LogP contribution in [0.3, 0.4) is 0 Å². The second kappa shape index (κ2) is 9.62. The molecular weight excluding hydrogens is 400 g/mol. The van der Waals surface area contributed by atoms with Crippen molar-refractivity contribution in [3.8, 4) is 5.75 Å². The topological polar surface area (TPSA) is 75.7 Å². The van der Waals surface area contributed by atoms with E-state index in [9.17, 15) is 13.2 Å². The SMILES string of the molecule is COc1ccc(C(C)C)cc1S(=O)(=O)N1CCC[C@@H](C(=O)NCc2ccccc2)C1. The van der Waals surface area contributed by atoms with Gasteiger partial charge >= 0.3 is 0 Å². The molecule has 1 aliphatic rings. The van der Waals surface area contributed by atoms with Crippen LogP contribution >= 0.6 is 0 Å². The highest BCUT2D eigenvalue weighted by molar-refractivity contribution is 7.89. The van der Waals surface area contributed by atoms with Crippen molar-refractivity contribution in [3.63, 3.8) is 0 Å². The number of benzene rings is 2. The minimum atomic E-state index is -3.77. The van der Waals surface area contributed by atoms with Crippen LogP contribution in [0.2, 0.25) is 0 Å². The summed E-state index contributed by atoms with van der Waals surface area (Å²) in [6.45, 7) is 5.06. The van der Waals surface area contributed by atoms with Crippen molar-refractivity contribution in [2.24, 2.45) is 5.92 Å². The maximum Gasteiger partial charge on any atom is 0.246 e. The number of rotatable bonds is 7. The Bertz CT molecular complexity index is 974. The highest BCUT2D eigenvalue weighted by Gasteiger charge is 2.35. The van der Waals surface area contributed by atoms with Crippen LogP contribution in [0.15, 0.2) is 53.4 Å². The van der Waals surface area contributed by atoms with Crippen molar-refractivity contribution in [3.05, 3.63) is 59.7 Å². The number of amides is 1. The fraction of sp³-hybridized carbons (Fsp3) is 0.435. The normalized spacial score (nSPS) is 17.7. The number of methoxy groups -OCH3 is 1. The molecule has 0 unspecified atom stereocenters. The van der Waals surface area contributed by atoms with Gasteiger partial charge in [0.1, 0.15) is 10.6 Å². The van der Waals surface area contributed by atoms with Crippen LogP contribution in [0.1, 0.15) is 43.7 Å². The Morgan fingerprint density at radius 2 is 1.93 bits per heavy atom. The van der Waals surface area contributed by atoms with Crippen molar-refractivity contribution in [2.75, 3.05) is 20.2 Å². The van der Waals surface area contributed by atoms with Crippen LogP contribution in [0.5, 0.6) is 5.75 Å². The van der Waals surface area contributed by atoms with E-state index >= 15 is 0 Å². The number of sulfonamides is 1. The molecule has 1 aliphatic heterocycles. The largest absolute Gasteiger partial charge is 0.495 e. The van der Waals surface area contributed by atoms with Gasteiger partial charge in [-0.3, -0.25) is 4.79 Å². The lowest BCUT2D eigenvalue weighted by molar-refractivity contribution is -0.126. The lowest BCUT2D eigenvalue weighted by atomic mass is 9.99. The summed E-state index contributed by atoms with van der Waals surface area (Å²) in [6.07, 6.45) is 1.32. The lowest BCUT2D eigenvalue weighted by Crippen LogP contribution is -2.45. The molecule has 2 aromatic rings. The zero-order valence-corrected chi connectivity index (χ0v) is 18.6. The third-order valence-electron chi connectivity index (χ3n) is 5.54. The molecular formula is C23H30N2O4S. The zero-order valence-electron chi connectivity index (χ0n) is 17.8. The monoisotopic (exact) mass is 430 g/mol. The number of piperidine rings is 1. The molecule has 0 aliphatic carbocycles. The van der Waals surface area contributed by atoms with E-state index < -0.39 is 10.0 Å². The Labute approximate surface area is 179 Å². The van der Waals surface area contributed by atoms with Crippen LogP contribution < -0.4 is 10.1 Å². The Hall–Kier alpha value is -2.38. The summed E-state index contributed by atoms with van der Waals surface area (Å²) in [5.41, 5.74) is 1.95. The molecule has 1 fully saturated rings. The number of nitrogens with zero attached hydrogens (tertiary/aromatic N) is 1. The molecule has 0 aromatic heterocycles. The van der Waals surface area contributed by atoms with Gasteiger partial charge in [-0.05, 0) is 42.0 Å². The first-order valence-electron chi connectivity index (χ1n) is 10.3. The third kappa shape index (κ3) is 5.02. The summed E-state index contributed by atoms with van der Waals surface area (Å²) in [5, 5.41) is 2.94. The lowest BCUT2D eigenvalue weighted by Gasteiger charge is -2.31. The van der Waals surface area contributed by atoms with E-state index in [1.165, 1.54) is 11.4 Å². The van der Waals surface area contributed by atoms with Gasteiger partial charge in [0.2, 0.25) is 15.9 Å². The van der Waals surface area contributed by atoms with Crippen LogP contribution in [-0.4, -0.2) is 38.8 Å². The van der Waals surface area contributed by atoms with Crippen molar-refractivity contribution < 1.29 is 17.9 Å². The smallest absolute Gasteiger partial charge is 0.246 e. The molecule has 2 aromatic carbocycles. The highest BCUT2D eigenvalue weighted by atomic mass is 32.2. The molecule has 1 saturated heterocycles. The molecule has 1 atom stereocenters. The molecule has 1 heterocycles. The molecule has 30 heavy (non-hydrogen) atoms. The summed E-state index contributed by atoms with van der Waals surface area (Å²) < 4.78 is 33.6. The first kappa shape index (κ1) is 22.3. The Balaban J connectivity index is 1.75. The molecule has 6 nitrogen and oxygen atoms in total. The predicted molar refractivity (Wildman–Crippen MR) is 117 cm³/mol. The van der Waals surface area contributed by atoms with E-state index in [1.54, 1.807) is 12.1 Å². The van der Waals surface area contributed by atoms with E-state index in [1.807, 2.05) is 50.2 Å². The quantitative estimate of drug-likeness (QED) is 0.729. The van der Waals surface area contributed by atoms with Gasteiger partial charge in [-0.2, -0.15) is 4.31 Å². The standard InChI is InChI=1S/C23H30N2O4S/c1-17(2)19-11-12-21(29-3)22(14-19)30(27,28)25-13-7-10-20(16-25)23(26)24-15-18-8-5-4-6-9-18/h4-6,8-9,11-12,14,17,20H,7,10,13,15-16H2,1-3H3,(H,24,26)/t20-/m1/s1. The predicted octanol–water partition coefficient (Wildman–Crippen LogP) is 3.54. The molecule has 0 bridgehead atoms. The van der Waals surface area contributed by atoms with E-state index in [-0.39, 0.29) is 29.2 Å². The number of ether oxygens (including phenoxy) is 1. The molecule has 162 valence electrons. The number of carbonyl (C=O) groups excluding carboxylic acids is 1. The van der Waals surface area contributed by atoms with E-state index in [0.29, 0.717) is 31.7 Å². The molecule has 0 saturated carbocycles. The van der Waals surface area contributed by atoms with Crippen molar-refractivity contribution in [1.29, 1.82) is 0 Å². The van der Waals surface area contributed by atoms with E-state index in [0.717, 1.165) is 11.1 Å². The van der Waals surface area contributed by atoms with Gasteiger partial charge in [0.05, 0.1) is 13.0 Å². The van der Waals surface area contributed by atoms with Crippen molar-refractivity contribution in [1.82, 2.24) is 9.62 Å². The number of hydrogen-bond acceptors (Lipinski definition) is 4. The maximum absolute atomic E-state index is 13.4. The molecule has 7 heteroatoms. The molecule has 1 N–H and O–H groups in total. The minimum Gasteiger partial charge on any atom is -0.495 e. The van der Waals surface area contributed by atoms with Crippen LogP contribution in [0.25, 0.3) is 0 Å². The highest BCUT2D eigenvalue weighted by Crippen LogP contribution is 2.32. The number of hydrogen-bond donors (Lipinski definition) is 1. The van der Waals surface area contributed by atoms with Gasteiger partial charge < -0.3 is 10.1 Å². The molecule has 0 spiro atoms. The van der Waals surface area contributed by atoms with Crippen molar-refractivity contribution >= 4 is 15.9 Å². The first-order chi connectivity index (χ1) is 14.3. The van der Waals surface area contributed by atoms with Gasteiger partial charge in [0.15, 0.2) is 0 Å². The molecule has 1 amide bonds. The Kier molecular flexibility index (Phi) is 7.15. The van der Waals surface area contributed by atoms with Crippen LogP contribution in [0.4, 0.5) is 0 Å². The summed E-state index contributed by atoms with van der Waals surface area (Å²) in [5.74, 6) is 0.0518. The summed E-state index contributed by atoms with van der Waals surface area (Å²) in [4.78, 5) is 12.9. The first-order valence-corrected chi connectivity index (χ1v) is 11.8. The number of nitrogens with one attached hydrogen (secondary N) is 1. The van der Waals surface area contributed by atoms with Gasteiger partial charge in [-0.25, -0.2) is 8.42 Å². The second-order valence-electron chi connectivity index (χ2n) is 7.97. The van der Waals surface area contributed by atoms with Crippen molar-refractivity contribution in [2.45, 2.75) is 44.0 Å². The van der Waals surface area contributed by atoms with E-state index in [4.69, 9.17) is 4.74 Å². The maximum atomic E-state index is 13.4. The fourth-order valence-electron chi connectivity index (χ4n) is 3.70. The van der Waals surface area contributed by atoms with Gasteiger partial charge in [-0.15, -0.1) is 0 Å². The second-order valence-corrected chi connectivity index (χ2v) is 9.88. The van der Waals surface area contributed by atoms with E-state index in [2.05, 4.69) is 5.32 Å². The molecule has 0 radical (unpaired) electrons. The van der Waals surface area contributed by atoms with Gasteiger partial charge in [0, 0.05) is 19.6 Å². The summed E-state index contributed by atoms with van der Waals surface area (Å²) in [7, 11) is -2.29. The zero-order chi connectivity index (χ0) is 21.7. The minimum absolute atomic E-state index is 0.110. The van der Waals surface area contributed by atoms with Crippen LogP contribution in [-0.2, 0) is 21.4 Å². The average Bonchev–Trinajstić information content (AvgIpc) is 2.77.